The molecule has 0 saturated carbocycles. The molecule has 2 amide bonds. The van der Waals surface area contributed by atoms with Crippen LogP contribution >= 0.6 is 0 Å². The van der Waals surface area contributed by atoms with Gasteiger partial charge in [-0.25, -0.2) is 0 Å². The zero-order valence-electron chi connectivity index (χ0n) is 24.6. The molecule has 0 N–H and O–H groups in total. The first kappa shape index (κ1) is 29.4. The molecule has 1 atom stereocenters. The number of amides is 2. The van der Waals surface area contributed by atoms with Gasteiger partial charge >= 0.3 is 0 Å². The summed E-state index contributed by atoms with van der Waals surface area (Å²) >= 11 is 0. The normalized spacial score (nSPS) is 19.5. The lowest BCUT2D eigenvalue weighted by Gasteiger charge is -2.38. The second kappa shape index (κ2) is 14.1. The van der Waals surface area contributed by atoms with Gasteiger partial charge in [0.15, 0.2) is 0 Å². The fraction of sp³-hybridized carbons (Fsp3) is 0.600. The van der Waals surface area contributed by atoms with Crippen molar-refractivity contribution < 1.29 is 9.59 Å². The van der Waals surface area contributed by atoms with Crippen molar-refractivity contribution >= 4 is 11.8 Å². The summed E-state index contributed by atoms with van der Waals surface area (Å²) in [5.41, 5.74) is 2.99. The maximum absolute atomic E-state index is 13.4. The van der Waals surface area contributed by atoms with Gasteiger partial charge in [-0.3, -0.25) is 9.59 Å². The van der Waals surface area contributed by atoms with Gasteiger partial charge in [-0.2, -0.15) is 0 Å². The number of benzene rings is 2. The monoisotopic (exact) mass is 530 g/mol. The SMILES string of the molecule is CC(C)(C)C1CCCCN(C(=O)C2CCN(C(=O)CCCCC(c3ccccc3)c3ccccc3)CC2)CC1. The molecule has 4 rings (SSSR count). The first-order valence-electron chi connectivity index (χ1n) is 15.5. The minimum absolute atomic E-state index is 0.0825. The summed E-state index contributed by atoms with van der Waals surface area (Å²) in [6, 6.07) is 21.4. The van der Waals surface area contributed by atoms with Gasteiger partial charge in [0.1, 0.15) is 0 Å². The Balaban J connectivity index is 1.20. The molecule has 39 heavy (non-hydrogen) atoms. The van der Waals surface area contributed by atoms with Crippen molar-refractivity contribution in [1.82, 2.24) is 9.80 Å². The van der Waals surface area contributed by atoms with Crippen LogP contribution in [0.3, 0.4) is 0 Å². The zero-order valence-corrected chi connectivity index (χ0v) is 24.6. The molecule has 2 saturated heterocycles. The van der Waals surface area contributed by atoms with E-state index in [1.807, 2.05) is 4.90 Å². The largest absolute Gasteiger partial charge is 0.343 e. The molecule has 0 bridgehead atoms. The Kier molecular flexibility index (Phi) is 10.6. The molecule has 4 heteroatoms. The number of unbranched alkanes of at least 4 members (excludes halogenated alkanes) is 1. The number of nitrogens with zero attached hydrogens (tertiary/aromatic N) is 2. The molecule has 2 aromatic carbocycles. The second-order valence-electron chi connectivity index (χ2n) is 12.9. The molecular weight excluding hydrogens is 480 g/mol. The number of carbonyl (C=O) groups excluding carboxylic acids is 2. The Hall–Kier alpha value is -2.62. The number of hydrogen-bond acceptors (Lipinski definition) is 2. The van der Waals surface area contributed by atoms with Crippen LogP contribution in [0.25, 0.3) is 0 Å². The van der Waals surface area contributed by atoms with Crippen LogP contribution < -0.4 is 0 Å². The van der Waals surface area contributed by atoms with Crippen molar-refractivity contribution in [3.63, 3.8) is 0 Å². The Morgan fingerprint density at radius 3 is 1.92 bits per heavy atom. The number of carbonyl (C=O) groups is 2. The lowest BCUT2D eigenvalue weighted by Crippen LogP contribution is -2.45. The molecule has 1 unspecified atom stereocenters. The Bertz CT molecular complexity index is 982. The fourth-order valence-electron chi connectivity index (χ4n) is 6.66. The van der Waals surface area contributed by atoms with Crippen LogP contribution in [-0.2, 0) is 9.59 Å². The predicted octanol–water partition coefficient (Wildman–Crippen LogP) is 7.68. The third-order valence-electron chi connectivity index (χ3n) is 9.25. The Morgan fingerprint density at radius 1 is 0.744 bits per heavy atom. The Labute approximate surface area is 237 Å². The second-order valence-corrected chi connectivity index (χ2v) is 12.9. The molecule has 2 fully saturated rings. The standard InChI is InChI=1S/C35H50N2O2/c1-35(2,3)31-18-12-13-24-37(27-23-31)34(39)30-21-25-36(26-22-30)33(38)20-11-10-19-32(28-14-6-4-7-15-28)29-16-8-5-9-17-29/h4-9,14-17,30-32H,10-13,18-27H2,1-3H3. The molecule has 0 aromatic heterocycles. The van der Waals surface area contributed by atoms with Crippen LogP contribution in [0, 0.1) is 17.3 Å². The highest BCUT2D eigenvalue weighted by molar-refractivity contribution is 5.80. The summed E-state index contributed by atoms with van der Waals surface area (Å²) in [5.74, 6) is 1.73. The molecule has 4 nitrogen and oxygen atoms in total. The first-order valence-corrected chi connectivity index (χ1v) is 15.5. The van der Waals surface area contributed by atoms with Gasteiger partial charge in [-0.05, 0) is 67.4 Å². The molecule has 0 spiro atoms. The molecule has 0 aliphatic carbocycles. The predicted molar refractivity (Wildman–Crippen MR) is 160 cm³/mol. The number of likely N-dealkylation sites (tertiary alicyclic amines) is 2. The number of rotatable bonds is 8. The fourth-order valence-corrected chi connectivity index (χ4v) is 6.66. The van der Waals surface area contributed by atoms with E-state index >= 15 is 0 Å². The summed E-state index contributed by atoms with van der Waals surface area (Å²) in [6.45, 7) is 10.3. The van der Waals surface area contributed by atoms with Crippen molar-refractivity contribution in [2.45, 2.75) is 90.9 Å². The van der Waals surface area contributed by atoms with Crippen LogP contribution in [0.5, 0.6) is 0 Å². The first-order chi connectivity index (χ1) is 18.8. The van der Waals surface area contributed by atoms with Gasteiger partial charge in [0.05, 0.1) is 0 Å². The van der Waals surface area contributed by atoms with Crippen molar-refractivity contribution in [2.75, 3.05) is 26.2 Å². The summed E-state index contributed by atoms with van der Waals surface area (Å²) in [6.07, 6.45) is 9.95. The maximum atomic E-state index is 13.4. The quantitative estimate of drug-likeness (QED) is 0.328. The molecule has 2 aliphatic heterocycles. The van der Waals surface area contributed by atoms with Gasteiger partial charge in [-0.1, -0.05) is 94.3 Å². The molecule has 0 radical (unpaired) electrons. The lowest BCUT2D eigenvalue weighted by atomic mass is 9.75. The minimum atomic E-state index is 0.0825. The van der Waals surface area contributed by atoms with Crippen LogP contribution in [-0.4, -0.2) is 47.8 Å². The number of hydrogen-bond donors (Lipinski definition) is 0. The summed E-state index contributed by atoms with van der Waals surface area (Å²) < 4.78 is 0. The highest BCUT2D eigenvalue weighted by Gasteiger charge is 2.32. The third kappa shape index (κ3) is 8.43. The van der Waals surface area contributed by atoms with E-state index in [2.05, 4.69) is 86.3 Å². The van der Waals surface area contributed by atoms with Crippen LogP contribution in [0.15, 0.2) is 60.7 Å². The van der Waals surface area contributed by atoms with Gasteiger partial charge in [0, 0.05) is 44.4 Å². The average molecular weight is 531 g/mol. The third-order valence-corrected chi connectivity index (χ3v) is 9.25. The summed E-state index contributed by atoms with van der Waals surface area (Å²) in [4.78, 5) is 30.5. The molecule has 2 heterocycles. The smallest absolute Gasteiger partial charge is 0.225 e. The maximum Gasteiger partial charge on any atom is 0.225 e. The summed E-state index contributed by atoms with van der Waals surface area (Å²) in [5, 5.41) is 0. The summed E-state index contributed by atoms with van der Waals surface area (Å²) in [7, 11) is 0. The van der Waals surface area contributed by atoms with Crippen molar-refractivity contribution in [3.05, 3.63) is 71.8 Å². The van der Waals surface area contributed by atoms with E-state index in [-0.39, 0.29) is 11.8 Å². The van der Waals surface area contributed by atoms with Crippen LogP contribution in [0.2, 0.25) is 0 Å². The van der Waals surface area contributed by atoms with Crippen LogP contribution in [0.1, 0.15) is 102 Å². The van der Waals surface area contributed by atoms with Crippen LogP contribution in [0.4, 0.5) is 0 Å². The average Bonchev–Trinajstić information content (AvgIpc) is 2.93. The molecule has 212 valence electrons. The van der Waals surface area contributed by atoms with Crippen molar-refractivity contribution in [2.24, 2.45) is 17.3 Å². The van der Waals surface area contributed by atoms with E-state index in [0.717, 1.165) is 71.1 Å². The molecular formula is C35H50N2O2. The van der Waals surface area contributed by atoms with Crippen molar-refractivity contribution in [3.8, 4) is 0 Å². The van der Waals surface area contributed by atoms with Gasteiger partial charge < -0.3 is 9.80 Å². The highest BCUT2D eigenvalue weighted by Crippen LogP contribution is 2.35. The van der Waals surface area contributed by atoms with Gasteiger partial charge in [0.2, 0.25) is 11.8 Å². The van der Waals surface area contributed by atoms with Gasteiger partial charge in [0.25, 0.3) is 0 Å². The van der Waals surface area contributed by atoms with E-state index in [1.54, 1.807) is 0 Å². The number of piperidine rings is 1. The van der Waals surface area contributed by atoms with E-state index in [1.165, 1.54) is 24.0 Å². The van der Waals surface area contributed by atoms with Crippen molar-refractivity contribution in [1.29, 1.82) is 0 Å². The zero-order chi connectivity index (χ0) is 27.7. The van der Waals surface area contributed by atoms with E-state index in [0.29, 0.717) is 29.6 Å². The Morgan fingerprint density at radius 2 is 1.33 bits per heavy atom. The van der Waals surface area contributed by atoms with E-state index in [4.69, 9.17) is 0 Å². The molecule has 2 aliphatic rings. The molecule has 2 aromatic rings. The lowest BCUT2D eigenvalue weighted by molar-refractivity contribution is -0.141. The van der Waals surface area contributed by atoms with E-state index < -0.39 is 0 Å². The van der Waals surface area contributed by atoms with Gasteiger partial charge in [-0.15, -0.1) is 0 Å². The minimum Gasteiger partial charge on any atom is -0.343 e. The van der Waals surface area contributed by atoms with E-state index in [9.17, 15) is 9.59 Å². The highest BCUT2D eigenvalue weighted by atomic mass is 16.2. The topological polar surface area (TPSA) is 40.6 Å².